The Morgan fingerprint density at radius 1 is 0.720 bits per heavy atom. The van der Waals surface area contributed by atoms with Crippen LogP contribution in [-0.2, 0) is 0 Å². The van der Waals surface area contributed by atoms with Crippen molar-refractivity contribution in [2.24, 2.45) is 0 Å². The van der Waals surface area contributed by atoms with Crippen molar-refractivity contribution in [3.63, 3.8) is 0 Å². The van der Waals surface area contributed by atoms with E-state index in [1.807, 2.05) is 42.6 Å². The molecule has 0 bridgehead atoms. The quantitative estimate of drug-likeness (QED) is 0.798. The molecular formula is C20H20N4O. The molecule has 3 heterocycles. The van der Waals surface area contributed by atoms with Crippen LogP contribution in [0.15, 0.2) is 66.9 Å². The molecule has 5 heteroatoms. The zero-order chi connectivity index (χ0) is 17.1. The summed E-state index contributed by atoms with van der Waals surface area (Å²) in [5.74, 6) is 2.30. The largest absolute Gasteiger partial charge is 0.508 e. The van der Waals surface area contributed by atoms with Gasteiger partial charge in [-0.05, 0) is 48.5 Å². The molecule has 25 heavy (non-hydrogen) atoms. The average molecular weight is 332 g/mol. The Morgan fingerprint density at radius 3 is 2.08 bits per heavy atom. The lowest BCUT2D eigenvalue weighted by Gasteiger charge is -2.36. The molecule has 1 saturated heterocycles. The molecule has 1 aliphatic heterocycles. The molecule has 2 aromatic heterocycles. The van der Waals surface area contributed by atoms with Gasteiger partial charge in [-0.25, -0.2) is 9.97 Å². The van der Waals surface area contributed by atoms with Gasteiger partial charge in [-0.3, -0.25) is 0 Å². The normalized spacial score (nSPS) is 14.6. The lowest BCUT2D eigenvalue weighted by molar-refractivity contribution is 0.475. The van der Waals surface area contributed by atoms with Crippen LogP contribution in [0.2, 0.25) is 0 Å². The van der Waals surface area contributed by atoms with Gasteiger partial charge in [0.1, 0.15) is 17.4 Å². The fourth-order valence-electron chi connectivity index (χ4n) is 3.10. The van der Waals surface area contributed by atoms with Crippen LogP contribution < -0.4 is 9.80 Å². The van der Waals surface area contributed by atoms with E-state index in [0.29, 0.717) is 0 Å². The summed E-state index contributed by atoms with van der Waals surface area (Å²) in [7, 11) is 0. The molecule has 3 aromatic rings. The van der Waals surface area contributed by atoms with Crippen molar-refractivity contribution in [1.82, 2.24) is 9.97 Å². The minimum atomic E-state index is 0.269. The minimum absolute atomic E-state index is 0.269. The van der Waals surface area contributed by atoms with Crippen molar-refractivity contribution in [3.05, 3.63) is 66.9 Å². The van der Waals surface area contributed by atoms with E-state index in [0.717, 1.165) is 49.1 Å². The molecule has 0 radical (unpaired) electrons. The van der Waals surface area contributed by atoms with E-state index in [9.17, 15) is 5.11 Å². The van der Waals surface area contributed by atoms with Gasteiger partial charge in [0.05, 0.1) is 5.69 Å². The molecular weight excluding hydrogens is 312 g/mol. The highest BCUT2D eigenvalue weighted by molar-refractivity contribution is 5.62. The lowest BCUT2D eigenvalue weighted by atomic mass is 10.1. The topological polar surface area (TPSA) is 52.5 Å². The predicted octanol–water partition coefficient (Wildman–Crippen LogP) is 3.18. The predicted molar refractivity (Wildman–Crippen MR) is 100 cm³/mol. The molecule has 0 unspecified atom stereocenters. The van der Waals surface area contributed by atoms with Crippen molar-refractivity contribution in [2.75, 3.05) is 36.0 Å². The summed E-state index contributed by atoms with van der Waals surface area (Å²) < 4.78 is 0. The van der Waals surface area contributed by atoms with Crippen molar-refractivity contribution in [2.45, 2.75) is 0 Å². The zero-order valence-corrected chi connectivity index (χ0v) is 13.9. The van der Waals surface area contributed by atoms with E-state index >= 15 is 0 Å². The highest BCUT2D eigenvalue weighted by Gasteiger charge is 2.19. The summed E-state index contributed by atoms with van der Waals surface area (Å²) in [6, 6.07) is 19.3. The second-order valence-electron chi connectivity index (χ2n) is 6.09. The van der Waals surface area contributed by atoms with E-state index < -0.39 is 0 Å². The standard InChI is InChI=1S/C20H20N4O/c25-17-9-7-16(8-10-17)18-4-3-6-20(22-18)24-14-12-23(13-15-24)19-5-1-2-11-21-19/h1-11,25H,12-15H2. The van der Waals surface area contributed by atoms with Crippen LogP contribution in [0.3, 0.4) is 0 Å². The second kappa shape index (κ2) is 6.81. The maximum atomic E-state index is 9.44. The molecule has 1 aliphatic rings. The van der Waals surface area contributed by atoms with Crippen LogP contribution in [-0.4, -0.2) is 41.3 Å². The summed E-state index contributed by atoms with van der Waals surface area (Å²) in [6.07, 6.45) is 1.84. The fraction of sp³-hybridized carbons (Fsp3) is 0.200. The van der Waals surface area contributed by atoms with Crippen LogP contribution in [0, 0.1) is 0 Å². The lowest BCUT2D eigenvalue weighted by Crippen LogP contribution is -2.47. The molecule has 0 aliphatic carbocycles. The third kappa shape index (κ3) is 3.40. The second-order valence-corrected chi connectivity index (χ2v) is 6.09. The van der Waals surface area contributed by atoms with Gasteiger partial charge in [-0.1, -0.05) is 12.1 Å². The van der Waals surface area contributed by atoms with Gasteiger partial charge in [0.2, 0.25) is 0 Å². The third-order valence-electron chi connectivity index (χ3n) is 4.47. The van der Waals surface area contributed by atoms with Gasteiger partial charge in [-0.2, -0.15) is 0 Å². The maximum absolute atomic E-state index is 9.44. The third-order valence-corrected chi connectivity index (χ3v) is 4.47. The van der Waals surface area contributed by atoms with Gasteiger partial charge in [0.15, 0.2) is 0 Å². The Balaban J connectivity index is 1.48. The number of piperazine rings is 1. The number of aromatic hydroxyl groups is 1. The Hall–Kier alpha value is -3.08. The van der Waals surface area contributed by atoms with Crippen molar-refractivity contribution in [3.8, 4) is 17.0 Å². The van der Waals surface area contributed by atoms with E-state index in [-0.39, 0.29) is 5.75 Å². The number of hydrogen-bond donors (Lipinski definition) is 1. The Labute approximate surface area is 147 Å². The molecule has 0 saturated carbocycles. The first-order valence-corrected chi connectivity index (χ1v) is 8.47. The van der Waals surface area contributed by atoms with E-state index in [4.69, 9.17) is 4.98 Å². The van der Waals surface area contributed by atoms with Crippen molar-refractivity contribution >= 4 is 11.6 Å². The van der Waals surface area contributed by atoms with Gasteiger partial charge in [0, 0.05) is 37.9 Å². The average Bonchev–Trinajstić information content (AvgIpc) is 2.69. The summed E-state index contributed by atoms with van der Waals surface area (Å²) in [6.45, 7) is 3.70. The Morgan fingerprint density at radius 2 is 1.40 bits per heavy atom. The number of pyridine rings is 2. The first-order valence-electron chi connectivity index (χ1n) is 8.47. The van der Waals surface area contributed by atoms with E-state index in [1.54, 1.807) is 12.1 Å². The SMILES string of the molecule is Oc1ccc(-c2cccc(N3CCN(c4ccccn4)CC3)n2)cc1. The van der Waals surface area contributed by atoms with Crippen LogP contribution in [0.25, 0.3) is 11.3 Å². The van der Waals surface area contributed by atoms with Crippen molar-refractivity contribution in [1.29, 1.82) is 0 Å². The molecule has 5 nitrogen and oxygen atoms in total. The van der Waals surface area contributed by atoms with Crippen LogP contribution in [0.1, 0.15) is 0 Å². The Bertz CT molecular complexity index is 828. The van der Waals surface area contributed by atoms with Crippen LogP contribution >= 0.6 is 0 Å². The van der Waals surface area contributed by atoms with Gasteiger partial charge in [-0.15, -0.1) is 0 Å². The van der Waals surface area contributed by atoms with E-state index in [1.165, 1.54) is 0 Å². The highest BCUT2D eigenvalue weighted by Crippen LogP contribution is 2.23. The van der Waals surface area contributed by atoms with E-state index in [2.05, 4.69) is 26.9 Å². The molecule has 1 fully saturated rings. The molecule has 1 aromatic carbocycles. The van der Waals surface area contributed by atoms with Crippen LogP contribution in [0.5, 0.6) is 5.75 Å². The highest BCUT2D eigenvalue weighted by atomic mass is 16.3. The zero-order valence-electron chi connectivity index (χ0n) is 13.9. The number of nitrogens with zero attached hydrogens (tertiary/aromatic N) is 4. The van der Waals surface area contributed by atoms with Gasteiger partial charge < -0.3 is 14.9 Å². The molecule has 4 rings (SSSR count). The smallest absolute Gasteiger partial charge is 0.129 e. The van der Waals surface area contributed by atoms with Crippen molar-refractivity contribution < 1.29 is 5.11 Å². The summed E-state index contributed by atoms with van der Waals surface area (Å²) in [5.41, 5.74) is 1.93. The maximum Gasteiger partial charge on any atom is 0.129 e. The number of rotatable bonds is 3. The fourth-order valence-corrected chi connectivity index (χ4v) is 3.10. The van der Waals surface area contributed by atoms with Crippen LogP contribution in [0.4, 0.5) is 11.6 Å². The minimum Gasteiger partial charge on any atom is -0.508 e. The summed E-state index contributed by atoms with van der Waals surface area (Å²) in [4.78, 5) is 13.9. The summed E-state index contributed by atoms with van der Waals surface area (Å²) >= 11 is 0. The molecule has 1 N–H and O–H groups in total. The molecule has 0 atom stereocenters. The first-order chi connectivity index (χ1) is 12.3. The first kappa shape index (κ1) is 15.4. The summed E-state index contributed by atoms with van der Waals surface area (Å²) in [5, 5.41) is 9.44. The number of anilines is 2. The number of phenols is 1. The number of phenolic OH excluding ortho intramolecular Hbond substituents is 1. The van der Waals surface area contributed by atoms with Gasteiger partial charge >= 0.3 is 0 Å². The number of aromatic nitrogens is 2. The van der Waals surface area contributed by atoms with Gasteiger partial charge in [0.25, 0.3) is 0 Å². The monoisotopic (exact) mass is 332 g/mol. The molecule has 0 spiro atoms. The molecule has 0 amide bonds. The number of benzene rings is 1. The molecule has 126 valence electrons. The Kier molecular flexibility index (Phi) is 4.21. The number of hydrogen-bond acceptors (Lipinski definition) is 5.